The van der Waals surface area contributed by atoms with Crippen molar-refractivity contribution in [3.05, 3.63) is 69.3 Å². The van der Waals surface area contributed by atoms with Gasteiger partial charge in [0.25, 0.3) is 0 Å². The number of benzene rings is 2. The van der Waals surface area contributed by atoms with Crippen LogP contribution < -0.4 is 20.3 Å². The van der Waals surface area contributed by atoms with Crippen molar-refractivity contribution in [3.63, 3.8) is 0 Å². The van der Waals surface area contributed by atoms with E-state index in [0.717, 1.165) is 0 Å². The molecule has 11 heteroatoms. The van der Waals surface area contributed by atoms with Crippen molar-refractivity contribution in [2.24, 2.45) is 0 Å². The third-order valence-corrected chi connectivity index (χ3v) is 5.79. The Morgan fingerprint density at radius 2 is 1.76 bits per heavy atom. The van der Waals surface area contributed by atoms with Crippen LogP contribution in [0.2, 0.25) is 15.1 Å². The molecule has 1 aromatic heterocycles. The predicted molar refractivity (Wildman–Crippen MR) is 136 cm³/mol. The highest BCUT2D eigenvalue weighted by Crippen LogP contribution is 2.30. The van der Waals surface area contributed by atoms with Gasteiger partial charge < -0.3 is 20.1 Å². The van der Waals surface area contributed by atoms with Crippen molar-refractivity contribution in [1.29, 1.82) is 0 Å². The lowest BCUT2D eigenvalue weighted by Gasteiger charge is -2.23. The third kappa shape index (κ3) is 6.64. The van der Waals surface area contributed by atoms with E-state index >= 15 is 0 Å². The molecule has 1 heterocycles. The van der Waals surface area contributed by atoms with E-state index < -0.39 is 6.03 Å². The average molecular weight is 525 g/mol. The van der Waals surface area contributed by atoms with Crippen LogP contribution in [0.4, 0.5) is 22.2 Å². The van der Waals surface area contributed by atoms with Gasteiger partial charge in [0.05, 0.1) is 29.4 Å². The Morgan fingerprint density at radius 1 is 1.06 bits per heavy atom. The van der Waals surface area contributed by atoms with E-state index in [2.05, 4.69) is 20.6 Å². The highest BCUT2D eigenvalue weighted by atomic mass is 35.5. The van der Waals surface area contributed by atoms with Gasteiger partial charge in [-0.15, -0.1) is 0 Å². The van der Waals surface area contributed by atoms with Crippen LogP contribution in [0.5, 0.6) is 5.75 Å². The summed E-state index contributed by atoms with van der Waals surface area (Å²) in [5.74, 6) is 1.39. The summed E-state index contributed by atoms with van der Waals surface area (Å²) in [5, 5.41) is 7.09. The molecule has 0 unspecified atom stereocenters. The van der Waals surface area contributed by atoms with Crippen LogP contribution in [0.3, 0.4) is 0 Å². The Bertz CT molecular complexity index is 1130. The molecule has 0 spiro atoms. The summed E-state index contributed by atoms with van der Waals surface area (Å²) < 4.78 is 10.4. The van der Waals surface area contributed by atoms with Gasteiger partial charge in [0.1, 0.15) is 11.6 Å². The van der Waals surface area contributed by atoms with Crippen molar-refractivity contribution in [2.45, 2.75) is 19.5 Å². The van der Waals surface area contributed by atoms with Crippen molar-refractivity contribution in [1.82, 2.24) is 15.3 Å². The van der Waals surface area contributed by atoms with E-state index in [1.54, 1.807) is 56.8 Å². The number of carbonyl (C=O) groups is 1. The lowest BCUT2D eigenvalue weighted by atomic mass is 10.2. The van der Waals surface area contributed by atoms with Gasteiger partial charge in [0.15, 0.2) is 0 Å². The fourth-order valence-corrected chi connectivity index (χ4v) is 3.73. The number of carbonyl (C=O) groups excluding carboxylic acids is 1. The van der Waals surface area contributed by atoms with E-state index in [1.165, 1.54) is 11.0 Å². The fourth-order valence-electron chi connectivity index (χ4n) is 3.09. The summed E-state index contributed by atoms with van der Waals surface area (Å²) in [7, 11) is 3.19. The van der Waals surface area contributed by atoms with Crippen LogP contribution in [0.25, 0.3) is 0 Å². The van der Waals surface area contributed by atoms with Gasteiger partial charge in [-0.3, -0.25) is 0 Å². The molecule has 0 aliphatic carbocycles. The molecule has 3 rings (SSSR count). The minimum atomic E-state index is -0.429. The number of hydrogen-bond acceptors (Lipinski definition) is 6. The number of hydrogen-bond donors (Lipinski definition) is 2. The topological polar surface area (TPSA) is 88.6 Å². The maximum Gasteiger partial charge on any atom is 0.327 e. The molecule has 0 saturated carbocycles. The molecular formula is C23H24Cl3N5O3. The van der Waals surface area contributed by atoms with Crippen LogP contribution in [0.15, 0.2) is 48.7 Å². The van der Waals surface area contributed by atoms with Gasteiger partial charge >= 0.3 is 6.03 Å². The van der Waals surface area contributed by atoms with Crippen LogP contribution >= 0.6 is 34.8 Å². The van der Waals surface area contributed by atoms with Crippen LogP contribution in [-0.4, -0.2) is 42.9 Å². The van der Waals surface area contributed by atoms with Crippen LogP contribution in [0, 0.1) is 0 Å². The zero-order valence-electron chi connectivity index (χ0n) is 18.8. The van der Waals surface area contributed by atoms with Gasteiger partial charge in [-0.2, -0.15) is 4.98 Å². The summed E-state index contributed by atoms with van der Waals surface area (Å²) in [6.45, 7) is 2.54. The molecule has 34 heavy (non-hydrogen) atoms. The molecule has 180 valence electrons. The van der Waals surface area contributed by atoms with Gasteiger partial charge in [-0.05, 0) is 48.9 Å². The Balaban J connectivity index is 1.89. The second-order valence-corrected chi connectivity index (χ2v) is 8.51. The van der Waals surface area contributed by atoms with Gasteiger partial charge in [0.2, 0.25) is 5.95 Å². The molecule has 0 saturated heterocycles. The molecule has 8 nitrogen and oxygen atoms in total. The highest BCUT2D eigenvalue weighted by Gasteiger charge is 2.21. The first-order valence-corrected chi connectivity index (χ1v) is 11.4. The summed E-state index contributed by atoms with van der Waals surface area (Å²) >= 11 is 18.4. The molecule has 2 amide bonds. The molecule has 0 radical (unpaired) electrons. The van der Waals surface area contributed by atoms with E-state index in [-0.39, 0.29) is 12.6 Å². The van der Waals surface area contributed by atoms with Crippen molar-refractivity contribution in [2.75, 3.05) is 31.0 Å². The van der Waals surface area contributed by atoms with Crippen LogP contribution in [-0.2, 0) is 11.3 Å². The normalized spacial score (nSPS) is 11.6. The van der Waals surface area contributed by atoms with Crippen molar-refractivity contribution >= 4 is 58.3 Å². The number of amides is 2. The summed E-state index contributed by atoms with van der Waals surface area (Å²) in [6.07, 6.45) is 1.57. The van der Waals surface area contributed by atoms with E-state index in [1.807, 2.05) is 6.92 Å². The molecular weight excluding hydrogens is 501 g/mol. The minimum absolute atomic E-state index is 0.0275. The number of halogens is 3. The number of aromatic nitrogens is 2. The lowest BCUT2D eigenvalue weighted by Crippen LogP contribution is -2.37. The first-order chi connectivity index (χ1) is 16.3. The molecule has 2 N–H and O–H groups in total. The third-order valence-electron chi connectivity index (χ3n) is 4.72. The number of rotatable bonds is 9. The zero-order chi connectivity index (χ0) is 24.7. The number of ether oxygens (including phenoxy) is 2. The summed E-state index contributed by atoms with van der Waals surface area (Å²) in [5.41, 5.74) is 1.20. The second kappa shape index (κ2) is 12.1. The predicted octanol–water partition coefficient (Wildman–Crippen LogP) is 5.94. The minimum Gasteiger partial charge on any atom is -0.497 e. The molecule has 0 bridgehead atoms. The Hall–Kier alpha value is -2.78. The number of nitrogens with zero attached hydrogens (tertiary/aromatic N) is 3. The van der Waals surface area contributed by atoms with E-state index in [9.17, 15) is 4.79 Å². The lowest BCUT2D eigenvalue weighted by molar-refractivity contribution is 0.190. The Labute approximate surface area is 213 Å². The SMILES string of the molecule is COC[C@H](C)Nc1nccc(N(C(=O)NCc2cc(Cl)c(Cl)cc2Cl)c2ccc(OC)cc2)n1. The largest absolute Gasteiger partial charge is 0.497 e. The monoisotopic (exact) mass is 523 g/mol. The molecule has 1 atom stereocenters. The van der Waals surface area contributed by atoms with Gasteiger partial charge in [-0.1, -0.05) is 34.8 Å². The number of nitrogens with one attached hydrogen (secondary N) is 2. The number of methoxy groups -OCH3 is 2. The first kappa shape index (κ1) is 25.8. The molecule has 0 aliphatic heterocycles. The van der Waals surface area contributed by atoms with Crippen molar-refractivity contribution in [3.8, 4) is 5.75 Å². The molecule has 3 aromatic rings. The second-order valence-electron chi connectivity index (χ2n) is 7.29. The van der Waals surface area contributed by atoms with Gasteiger partial charge in [-0.25, -0.2) is 14.7 Å². The molecule has 0 fully saturated rings. The highest BCUT2D eigenvalue weighted by molar-refractivity contribution is 6.43. The quantitative estimate of drug-likeness (QED) is 0.337. The number of anilines is 3. The van der Waals surface area contributed by atoms with Crippen molar-refractivity contribution < 1.29 is 14.3 Å². The zero-order valence-corrected chi connectivity index (χ0v) is 21.1. The number of urea groups is 1. The fraction of sp³-hybridized carbons (Fsp3) is 0.261. The summed E-state index contributed by atoms with van der Waals surface area (Å²) in [4.78, 5) is 23.6. The average Bonchev–Trinajstić information content (AvgIpc) is 2.81. The van der Waals surface area contributed by atoms with Gasteiger partial charge in [0, 0.05) is 37.0 Å². The smallest absolute Gasteiger partial charge is 0.327 e. The van der Waals surface area contributed by atoms with E-state index in [0.29, 0.717) is 50.4 Å². The van der Waals surface area contributed by atoms with E-state index in [4.69, 9.17) is 44.3 Å². The Morgan fingerprint density at radius 3 is 2.44 bits per heavy atom. The van der Waals surface area contributed by atoms with Crippen LogP contribution in [0.1, 0.15) is 12.5 Å². The Kier molecular flexibility index (Phi) is 9.18. The molecule has 2 aromatic carbocycles. The summed E-state index contributed by atoms with van der Waals surface area (Å²) in [6, 6.07) is 11.4. The first-order valence-electron chi connectivity index (χ1n) is 10.3. The maximum absolute atomic E-state index is 13.4. The maximum atomic E-state index is 13.4. The molecule has 0 aliphatic rings. The standard InChI is InChI=1S/C23H24Cl3N5O3/c1-14(13-33-2)29-22-27-9-8-21(30-22)31(16-4-6-17(34-3)7-5-16)23(32)28-12-15-10-19(25)20(26)11-18(15)24/h4-11,14H,12-13H2,1-3H3,(H,28,32)(H,27,29,30)/t14-/m0/s1.